The fourth-order valence-electron chi connectivity index (χ4n) is 1.96. The molecule has 1 aliphatic rings. The van der Waals surface area contributed by atoms with Crippen molar-refractivity contribution in [1.29, 1.82) is 0 Å². The van der Waals surface area contributed by atoms with Gasteiger partial charge in [-0.2, -0.15) is 0 Å². The van der Waals surface area contributed by atoms with Crippen LogP contribution in [-0.4, -0.2) is 30.2 Å². The summed E-state index contributed by atoms with van der Waals surface area (Å²) < 4.78 is 0. The molecule has 0 aliphatic heterocycles. The minimum Gasteiger partial charge on any atom is -0.481 e. The van der Waals surface area contributed by atoms with E-state index in [2.05, 4.69) is 10.6 Å². The van der Waals surface area contributed by atoms with Crippen molar-refractivity contribution in [2.45, 2.75) is 38.5 Å². The van der Waals surface area contributed by atoms with Gasteiger partial charge in [-0.25, -0.2) is 4.79 Å². The van der Waals surface area contributed by atoms with Crippen LogP contribution in [-0.2, 0) is 4.79 Å². The molecule has 0 radical (unpaired) electrons. The molecule has 16 heavy (non-hydrogen) atoms. The Morgan fingerprint density at radius 1 is 1.19 bits per heavy atom. The van der Waals surface area contributed by atoms with Crippen molar-refractivity contribution in [3.8, 4) is 0 Å². The third kappa shape index (κ3) is 5.58. The van der Waals surface area contributed by atoms with Gasteiger partial charge in [0.15, 0.2) is 0 Å². The fraction of sp³-hybridized carbons (Fsp3) is 0.818. The molecule has 0 heterocycles. The first-order chi connectivity index (χ1) is 7.68. The minimum atomic E-state index is -0.826. The number of carbonyl (C=O) groups is 2. The van der Waals surface area contributed by atoms with E-state index in [0.717, 1.165) is 6.54 Å². The van der Waals surface area contributed by atoms with Gasteiger partial charge in [0.1, 0.15) is 0 Å². The molecular formula is C11H20N2O3. The summed E-state index contributed by atoms with van der Waals surface area (Å²) in [6.45, 7) is 1.16. The predicted octanol–water partition coefficient (Wildman–Crippen LogP) is 1.34. The Morgan fingerprint density at radius 2 is 1.88 bits per heavy atom. The van der Waals surface area contributed by atoms with Crippen molar-refractivity contribution < 1.29 is 14.7 Å². The van der Waals surface area contributed by atoms with E-state index in [1.165, 1.54) is 25.7 Å². The van der Waals surface area contributed by atoms with Crippen LogP contribution in [0.15, 0.2) is 0 Å². The summed E-state index contributed by atoms with van der Waals surface area (Å²) in [5, 5.41) is 13.9. The molecule has 1 fully saturated rings. The molecule has 0 atom stereocenters. The summed E-state index contributed by atoms with van der Waals surface area (Å²) in [5.41, 5.74) is 0. The standard InChI is InChI=1S/C11H20N2O3/c14-10(15)6-3-7-12-11(16)13-8-9-4-1-2-5-9/h9H,1-8H2,(H,14,15)(H2,12,13,16). The Morgan fingerprint density at radius 3 is 2.50 bits per heavy atom. The summed E-state index contributed by atoms with van der Waals surface area (Å²) in [5.74, 6) is -0.196. The Balaban J connectivity index is 1.95. The van der Waals surface area contributed by atoms with Gasteiger partial charge in [-0.15, -0.1) is 0 Å². The molecule has 3 N–H and O–H groups in total. The number of carboxylic acids is 1. The third-order valence-corrected chi connectivity index (χ3v) is 2.88. The van der Waals surface area contributed by atoms with Crippen molar-refractivity contribution in [2.24, 2.45) is 5.92 Å². The second-order valence-corrected chi connectivity index (χ2v) is 4.28. The number of carbonyl (C=O) groups excluding carboxylic acids is 1. The Kier molecular flexibility index (Phi) is 5.67. The summed E-state index contributed by atoms with van der Waals surface area (Å²) in [6, 6.07) is -0.183. The van der Waals surface area contributed by atoms with E-state index in [4.69, 9.17) is 5.11 Å². The molecule has 0 aromatic carbocycles. The number of carboxylic acid groups (broad SMARTS) is 1. The zero-order valence-corrected chi connectivity index (χ0v) is 9.50. The second-order valence-electron chi connectivity index (χ2n) is 4.28. The lowest BCUT2D eigenvalue weighted by atomic mass is 10.1. The van der Waals surface area contributed by atoms with Gasteiger partial charge in [0.2, 0.25) is 0 Å². The highest BCUT2D eigenvalue weighted by atomic mass is 16.4. The van der Waals surface area contributed by atoms with Crippen LogP contribution in [0.1, 0.15) is 38.5 Å². The van der Waals surface area contributed by atoms with E-state index < -0.39 is 5.97 Å². The largest absolute Gasteiger partial charge is 0.481 e. The van der Waals surface area contributed by atoms with E-state index in [1.54, 1.807) is 0 Å². The summed E-state index contributed by atoms with van der Waals surface area (Å²) in [6.07, 6.45) is 5.53. The van der Waals surface area contributed by atoms with Crippen molar-refractivity contribution in [3.05, 3.63) is 0 Å². The lowest BCUT2D eigenvalue weighted by molar-refractivity contribution is -0.137. The van der Waals surface area contributed by atoms with Crippen molar-refractivity contribution in [2.75, 3.05) is 13.1 Å². The molecule has 0 spiro atoms. The molecule has 92 valence electrons. The van der Waals surface area contributed by atoms with Gasteiger partial charge >= 0.3 is 12.0 Å². The molecule has 0 aromatic rings. The molecule has 0 bridgehead atoms. The van der Waals surface area contributed by atoms with Crippen molar-refractivity contribution in [3.63, 3.8) is 0 Å². The number of rotatable bonds is 6. The Bertz CT molecular complexity index is 237. The van der Waals surface area contributed by atoms with Crippen LogP contribution < -0.4 is 10.6 Å². The first-order valence-corrected chi connectivity index (χ1v) is 5.92. The average molecular weight is 228 g/mol. The monoisotopic (exact) mass is 228 g/mol. The summed E-state index contributed by atoms with van der Waals surface area (Å²) in [4.78, 5) is 21.5. The zero-order chi connectivity index (χ0) is 11.8. The first-order valence-electron chi connectivity index (χ1n) is 5.92. The molecule has 1 aliphatic carbocycles. The van der Waals surface area contributed by atoms with Crippen LogP contribution in [0.5, 0.6) is 0 Å². The van der Waals surface area contributed by atoms with Gasteiger partial charge < -0.3 is 15.7 Å². The van der Waals surface area contributed by atoms with Crippen LogP contribution in [0.3, 0.4) is 0 Å². The average Bonchev–Trinajstić information content (AvgIpc) is 2.74. The Hall–Kier alpha value is -1.26. The van der Waals surface area contributed by atoms with Crippen LogP contribution in [0.25, 0.3) is 0 Å². The van der Waals surface area contributed by atoms with Gasteiger partial charge in [0.05, 0.1) is 0 Å². The number of urea groups is 1. The SMILES string of the molecule is O=C(O)CCCNC(=O)NCC1CCCC1. The number of hydrogen-bond donors (Lipinski definition) is 3. The Labute approximate surface area is 95.6 Å². The van der Waals surface area contributed by atoms with E-state index in [9.17, 15) is 9.59 Å². The van der Waals surface area contributed by atoms with E-state index >= 15 is 0 Å². The number of nitrogens with one attached hydrogen (secondary N) is 2. The highest BCUT2D eigenvalue weighted by molar-refractivity contribution is 5.73. The second kappa shape index (κ2) is 7.09. The number of hydrogen-bond acceptors (Lipinski definition) is 2. The first kappa shape index (κ1) is 12.8. The van der Waals surface area contributed by atoms with Gasteiger partial charge in [-0.3, -0.25) is 4.79 Å². The van der Waals surface area contributed by atoms with Gasteiger partial charge in [0.25, 0.3) is 0 Å². The van der Waals surface area contributed by atoms with E-state index in [-0.39, 0.29) is 12.5 Å². The zero-order valence-electron chi connectivity index (χ0n) is 9.50. The maximum atomic E-state index is 11.3. The smallest absolute Gasteiger partial charge is 0.314 e. The molecule has 1 saturated carbocycles. The maximum absolute atomic E-state index is 11.3. The number of amides is 2. The van der Waals surface area contributed by atoms with Crippen LogP contribution in [0.2, 0.25) is 0 Å². The highest BCUT2D eigenvalue weighted by Gasteiger charge is 2.15. The van der Waals surface area contributed by atoms with Crippen molar-refractivity contribution in [1.82, 2.24) is 10.6 Å². The maximum Gasteiger partial charge on any atom is 0.314 e. The topological polar surface area (TPSA) is 78.4 Å². The third-order valence-electron chi connectivity index (χ3n) is 2.88. The lowest BCUT2D eigenvalue weighted by Gasteiger charge is -2.11. The fourth-order valence-corrected chi connectivity index (χ4v) is 1.96. The quantitative estimate of drug-likeness (QED) is 0.600. The molecule has 0 saturated heterocycles. The molecule has 5 heteroatoms. The minimum absolute atomic E-state index is 0.100. The van der Waals surface area contributed by atoms with Crippen LogP contribution in [0, 0.1) is 5.92 Å². The van der Waals surface area contributed by atoms with E-state index in [0.29, 0.717) is 18.9 Å². The van der Waals surface area contributed by atoms with Gasteiger partial charge in [-0.05, 0) is 25.2 Å². The predicted molar refractivity (Wildman–Crippen MR) is 60.2 cm³/mol. The highest BCUT2D eigenvalue weighted by Crippen LogP contribution is 2.23. The van der Waals surface area contributed by atoms with Crippen LogP contribution in [0.4, 0.5) is 4.79 Å². The molecule has 5 nitrogen and oxygen atoms in total. The van der Waals surface area contributed by atoms with E-state index in [1.807, 2.05) is 0 Å². The molecule has 0 aromatic heterocycles. The molecular weight excluding hydrogens is 208 g/mol. The lowest BCUT2D eigenvalue weighted by Crippen LogP contribution is -2.38. The van der Waals surface area contributed by atoms with Gasteiger partial charge in [-0.1, -0.05) is 12.8 Å². The van der Waals surface area contributed by atoms with Gasteiger partial charge in [0, 0.05) is 19.5 Å². The molecule has 1 rings (SSSR count). The van der Waals surface area contributed by atoms with Crippen molar-refractivity contribution >= 4 is 12.0 Å². The van der Waals surface area contributed by atoms with Crippen LogP contribution >= 0.6 is 0 Å². The number of aliphatic carboxylic acids is 1. The molecule has 0 unspecified atom stereocenters. The summed E-state index contributed by atoms with van der Waals surface area (Å²) in [7, 11) is 0. The summed E-state index contributed by atoms with van der Waals surface area (Å²) >= 11 is 0. The normalized spacial score (nSPS) is 16.0. The molecule has 2 amide bonds.